The molecular formula is C15H14ClNO5. The van der Waals surface area contributed by atoms with E-state index in [1.807, 2.05) is 0 Å². The average Bonchev–Trinajstić information content (AvgIpc) is 2.52. The van der Waals surface area contributed by atoms with E-state index in [-0.39, 0.29) is 12.4 Å². The van der Waals surface area contributed by atoms with Gasteiger partial charge < -0.3 is 14.6 Å². The van der Waals surface area contributed by atoms with E-state index >= 15 is 0 Å². The molecule has 6 nitrogen and oxygen atoms in total. The zero-order chi connectivity index (χ0) is 16.1. The number of carboxylic acids is 1. The molecule has 2 aromatic rings. The summed E-state index contributed by atoms with van der Waals surface area (Å²) in [5.74, 6) is -2.23. The Morgan fingerprint density at radius 3 is 2.82 bits per heavy atom. The van der Waals surface area contributed by atoms with Crippen molar-refractivity contribution < 1.29 is 24.2 Å². The molecule has 1 aromatic carbocycles. The van der Waals surface area contributed by atoms with Gasteiger partial charge in [-0.25, -0.2) is 9.59 Å². The third-order valence-corrected chi connectivity index (χ3v) is 3.14. The maximum absolute atomic E-state index is 11.8. The summed E-state index contributed by atoms with van der Waals surface area (Å²) in [5.41, 5.74) is 0.379. The minimum atomic E-state index is -1.75. The van der Waals surface area contributed by atoms with Crippen LogP contribution in [0.4, 0.5) is 0 Å². The van der Waals surface area contributed by atoms with Gasteiger partial charge in [0.25, 0.3) is 6.10 Å². The van der Waals surface area contributed by atoms with E-state index in [0.717, 1.165) is 0 Å². The summed E-state index contributed by atoms with van der Waals surface area (Å²) in [6.07, 6.45) is 0.359. The standard InChI is InChI=1S/C15H14ClNO5/c1-2-8-21-15(20)13(14(18)19)22-11-6-5-10(16)9-4-3-7-17-12(9)11/h3-7,13H,2,8H2,1H3,(H,18,19). The molecule has 1 unspecified atom stereocenters. The maximum atomic E-state index is 11.8. The molecule has 7 heteroatoms. The molecule has 0 radical (unpaired) electrons. The van der Waals surface area contributed by atoms with Crippen LogP contribution in [0.25, 0.3) is 10.9 Å². The number of pyridine rings is 1. The van der Waals surface area contributed by atoms with Crippen LogP contribution in [0, 0.1) is 0 Å². The lowest BCUT2D eigenvalue weighted by Crippen LogP contribution is -2.37. The van der Waals surface area contributed by atoms with Crippen LogP contribution in [0.2, 0.25) is 5.02 Å². The van der Waals surface area contributed by atoms with Crippen molar-refractivity contribution in [2.45, 2.75) is 19.4 Å². The van der Waals surface area contributed by atoms with Crippen molar-refractivity contribution in [3.63, 3.8) is 0 Å². The minimum Gasteiger partial charge on any atom is -0.478 e. The van der Waals surface area contributed by atoms with Crippen molar-refractivity contribution in [3.8, 4) is 5.75 Å². The Balaban J connectivity index is 2.33. The molecule has 0 aliphatic carbocycles. The number of nitrogens with zero attached hydrogens (tertiary/aromatic N) is 1. The minimum absolute atomic E-state index is 0.131. The van der Waals surface area contributed by atoms with Gasteiger partial charge in [-0.05, 0) is 30.7 Å². The van der Waals surface area contributed by atoms with Crippen LogP contribution in [0.5, 0.6) is 5.75 Å². The van der Waals surface area contributed by atoms with Crippen LogP contribution < -0.4 is 4.74 Å². The Kier molecular flexibility index (Phi) is 5.16. The molecule has 1 aromatic heterocycles. The van der Waals surface area contributed by atoms with Crippen molar-refractivity contribution in [3.05, 3.63) is 35.5 Å². The molecule has 0 amide bonds. The molecule has 1 N–H and O–H groups in total. The van der Waals surface area contributed by atoms with Crippen molar-refractivity contribution in [1.29, 1.82) is 0 Å². The fourth-order valence-electron chi connectivity index (χ4n) is 1.81. The number of benzene rings is 1. The highest BCUT2D eigenvalue weighted by Crippen LogP contribution is 2.30. The molecule has 22 heavy (non-hydrogen) atoms. The van der Waals surface area contributed by atoms with Gasteiger partial charge in [-0.3, -0.25) is 4.98 Å². The Morgan fingerprint density at radius 1 is 1.36 bits per heavy atom. The summed E-state index contributed by atoms with van der Waals surface area (Å²) < 4.78 is 10.1. The van der Waals surface area contributed by atoms with Crippen LogP contribution in [0.3, 0.4) is 0 Å². The Bertz CT molecular complexity index is 703. The van der Waals surface area contributed by atoms with Gasteiger partial charge in [-0.1, -0.05) is 18.5 Å². The highest BCUT2D eigenvalue weighted by molar-refractivity contribution is 6.35. The van der Waals surface area contributed by atoms with E-state index in [9.17, 15) is 9.59 Å². The second kappa shape index (κ2) is 7.09. The van der Waals surface area contributed by atoms with Crippen molar-refractivity contribution in [2.24, 2.45) is 0 Å². The van der Waals surface area contributed by atoms with E-state index in [4.69, 9.17) is 26.2 Å². The number of aliphatic carboxylic acids is 1. The highest BCUT2D eigenvalue weighted by atomic mass is 35.5. The topological polar surface area (TPSA) is 85.7 Å². The lowest BCUT2D eigenvalue weighted by atomic mass is 10.2. The van der Waals surface area contributed by atoms with Gasteiger partial charge in [0.1, 0.15) is 11.3 Å². The number of carboxylic acid groups (broad SMARTS) is 1. The fourth-order valence-corrected chi connectivity index (χ4v) is 2.03. The first-order chi connectivity index (χ1) is 10.5. The smallest absolute Gasteiger partial charge is 0.359 e. The predicted molar refractivity (Wildman–Crippen MR) is 80.1 cm³/mol. The normalized spacial score (nSPS) is 11.9. The number of ether oxygens (including phenoxy) is 2. The van der Waals surface area contributed by atoms with E-state index in [1.165, 1.54) is 12.3 Å². The fraction of sp³-hybridized carbons (Fsp3) is 0.267. The van der Waals surface area contributed by atoms with E-state index in [1.54, 1.807) is 25.1 Å². The first kappa shape index (κ1) is 16.0. The lowest BCUT2D eigenvalue weighted by Gasteiger charge is -2.15. The van der Waals surface area contributed by atoms with Crippen LogP contribution in [-0.2, 0) is 14.3 Å². The van der Waals surface area contributed by atoms with Crippen LogP contribution >= 0.6 is 11.6 Å². The zero-order valence-electron chi connectivity index (χ0n) is 11.8. The second-order valence-electron chi connectivity index (χ2n) is 4.45. The number of hydrogen-bond acceptors (Lipinski definition) is 5. The molecular weight excluding hydrogens is 310 g/mol. The SMILES string of the molecule is CCCOC(=O)C(Oc1ccc(Cl)c2cccnc12)C(=O)O. The number of hydrogen-bond donors (Lipinski definition) is 1. The average molecular weight is 324 g/mol. The molecule has 116 valence electrons. The summed E-state index contributed by atoms with van der Waals surface area (Å²) >= 11 is 6.06. The first-order valence-corrected chi connectivity index (χ1v) is 7.01. The van der Waals surface area contributed by atoms with Gasteiger partial charge in [0.05, 0.1) is 11.6 Å². The molecule has 0 aliphatic rings. The van der Waals surface area contributed by atoms with Crippen LogP contribution in [0.1, 0.15) is 13.3 Å². The Hall–Kier alpha value is -2.34. The third-order valence-electron chi connectivity index (χ3n) is 2.81. The van der Waals surface area contributed by atoms with E-state index in [0.29, 0.717) is 22.3 Å². The molecule has 0 fully saturated rings. The first-order valence-electron chi connectivity index (χ1n) is 6.64. The molecule has 0 spiro atoms. The monoisotopic (exact) mass is 323 g/mol. The predicted octanol–water partition coefficient (Wildman–Crippen LogP) is 2.67. The highest BCUT2D eigenvalue weighted by Gasteiger charge is 2.31. The van der Waals surface area contributed by atoms with Crippen molar-refractivity contribution in [1.82, 2.24) is 4.98 Å². The van der Waals surface area contributed by atoms with E-state index < -0.39 is 18.0 Å². The number of esters is 1. The number of aromatic nitrogens is 1. The van der Waals surface area contributed by atoms with Crippen LogP contribution in [-0.4, -0.2) is 34.7 Å². The molecule has 0 saturated carbocycles. The number of fused-ring (bicyclic) bond motifs is 1. The lowest BCUT2D eigenvalue weighted by molar-refractivity contribution is -0.163. The molecule has 0 bridgehead atoms. The molecule has 1 heterocycles. The van der Waals surface area contributed by atoms with Gasteiger partial charge in [0, 0.05) is 11.6 Å². The number of carbonyl (C=O) groups is 2. The number of carbonyl (C=O) groups excluding carboxylic acids is 1. The Morgan fingerprint density at radius 2 is 2.14 bits per heavy atom. The van der Waals surface area contributed by atoms with Gasteiger partial charge in [-0.15, -0.1) is 0 Å². The quantitative estimate of drug-likeness (QED) is 0.649. The van der Waals surface area contributed by atoms with E-state index in [2.05, 4.69) is 4.98 Å². The summed E-state index contributed by atoms with van der Waals surface area (Å²) in [7, 11) is 0. The molecule has 0 saturated heterocycles. The second-order valence-corrected chi connectivity index (χ2v) is 4.86. The largest absolute Gasteiger partial charge is 0.478 e. The van der Waals surface area contributed by atoms with Gasteiger partial charge >= 0.3 is 11.9 Å². The molecule has 0 aliphatic heterocycles. The Labute approximate surface area is 131 Å². The number of rotatable bonds is 6. The summed E-state index contributed by atoms with van der Waals surface area (Å²) in [6, 6.07) is 6.45. The van der Waals surface area contributed by atoms with Crippen molar-refractivity contribution in [2.75, 3.05) is 6.61 Å². The summed E-state index contributed by atoms with van der Waals surface area (Å²) in [4.78, 5) is 27.1. The van der Waals surface area contributed by atoms with Gasteiger partial charge in [0.15, 0.2) is 0 Å². The summed E-state index contributed by atoms with van der Waals surface area (Å²) in [5, 5.41) is 10.2. The third kappa shape index (κ3) is 3.46. The maximum Gasteiger partial charge on any atom is 0.359 e. The molecule has 2 rings (SSSR count). The zero-order valence-corrected chi connectivity index (χ0v) is 12.5. The van der Waals surface area contributed by atoms with Crippen molar-refractivity contribution >= 4 is 34.4 Å². The van der Waals surface area contributed by atoms with Gasteiger partial charge in [0.2, 0.25) is 0 Å². The van der Waals surface area contributed by atoms with Crippen LogP contribution in [0.15, 0.2) is 30.5 Å². The molecule has 1 atom stereocenters. The number of halogens is 1. The van der Waals surface area contributed by atoms with Gasteiger partial charge in [-0.2, -0.15) is 0 Å². The summed E-state index contributed by atoms with van der Waals surface area (Å²) in [6.45, 7) is 1.94.